The number of rotatable bonds is 7. The Hall–Kier alpha value is -1.35. The summed E-state index contributed by atoms with van der Waals surface area (Å²) >= 11 is 2.17. The summed E-state index contributed by atoms with van der Waals surface area (Å²) in [5, 5.41) is 7.30. The number of carbonyl (C=O) groups is 1. The second-order valence-electron chi connectivity index (χ2n) is 5.75. The molecule has 2 N–H and O–H groups in total. The van der Waals surface area contributed by atoms with Gasteiger partial charge in [0.1, 0.15) is 0 Å². The van der Waals surface area contributed by atoms with Crippen LogP contribution >= 0.6 is 22.6 Å². The number of hydrogen-bond donors (Lipinski definition) is 2. The van der Waals surface area contributed by atoms with Gasteiger partial charge in [0.25, 0.3) is 5.91 Å². The van der Waals surface area contributed by atoms with Gasteiger partial charge in [0.05, 0.1) is 30.5 Å². The van der Waals surface area contributed by atoms with Crippen molar-refractivity contribution >= 4 is 34.7 Å². The van der Waals surface area contributed by atoms with E-state index in [2.05, 4.69) is 38.4 Å². The molecule has 0 spiro atoms. The number of halogens is 1. The number of hydrogen-bond acceptors (Lipinski definition) is 5. The van der Waals surface area contributed by atoms with Crippen molar-refractivity contribution in [3.8, 4) is 11.5 Å². The van der Waals surface area contributed by atoms with Crippen LogP contribution in [0.15, 0.2) is 17.2 Å². The monoisotopic (exact) mass is 445 g/mol. The zero-order chi connectivity index (χ0) is 17.4. The van der Waals surface area contributed by atoms with Crippen LogP contribution < -0.4 is 20.2 Å². The quantitative estimate of drug-likeness (QED) is 0.385. The van der Waals surface area contributed by atoms with E-state index >= 15 is 0 Å². The van der Waals surface area contributed by atoms with Crippen LogP contribution in [0.5, 0.6) is 11.5 Å². The molecule has 132 valence electrons. The molecular formula is C17H24IN3O3. The summed E-state index contributed by atoms with van der Waals surface area (Å²) in [6.07, 6.45) is 7.70. The van der Waals surface area contributed by atoms with E-state index in [4.69, 9.17) is 9.47 Å². The minimum atomic E-state index is -0.132. The highest BCUT2D eigenvalue weighted by molar-refractivity contribution is 14.1. The Bertz CT molecular complexity index is 587. The highest BCUT2D eigenvalue weighted by atomic mass is 127. The van der Waals surface area contributed by atoms with E-state index in [9.17, 15) is 4.79 Å². The Balaban J connectivity index is 1.84. The molecule has 0 unspecified atom stereocenters. The van der Waals surface area contributed by atoms with Gasteiger partial charge < -0.3 is 14.8 Å². The number of ether oxygens (including phenoxy) is 2. The van der Waals surface area contributed by atoms with Crippen LogP contribution in [0.1, 0.15) is 37.7 Å². The van der Waals surface area contributed by atoms with E-state index in [1.807, 2.05) is 12.1 Å². The van der Waals surface area contributed by atoms with Gasteiger partial charge in [0, 0.05) is 6.04 Å². The molecule has 1 aromatic rings. The molecule has 0 bridgehead atoms. The third-order valence-corrected chi connectivity index (χ3v) is 4.82. The van der Waals surface area contributed by atoms with Crippen molar-refractivity contribution in [3.63, 3.8) is 0 Å². The minimum Gasteiger partial charge on any atom is -0.493 e. The van der Waals surface area contributed by atoms with Gasteiger partial charge in [-0.2, -0.15) is 5.10 Å². The van der Waals surface area contributed by atoms with Gasteiger partial charge in [-0.05, 0) is 53.1 Å². The lowest BCUT2D eigenvalue weighted by Gasteiger charge is -2.22. The van der Waals surface area contributed by atoms with E-state index in [1.165, 1.54) is 19.3 Å². The maximum Gasteiger partial charge on any atom is 0.254 e. The fourth-order valence-corrected chi connectivity index (χ4v) is 3.62. The molecule has 6 nitrogen and oxygen atoms in total. The normalized spacial score (nSPS) is 15.5. The summed E-state index contributed by atoms with van der Waals surface area (Å²) in [4.78, 5) is 11.8. The molecule has 7 heteroatoms. The van der Waals surface area contributed by atoms with Gasteiger partial charge in [-0.1, -0.05) is 19.3 Å². The number of hydrazone groups is 1. The molecule has 0 aromatic heterocycles. The van der Waals surface area contributed by atoms with Crippen molar-refractivity contribution in [3.05, 3.63) is 21.3 Å². The van der Waals surface area contributed by atoms with Crippen LogP contribution in [0.2, 0.25) is 0 Å². The summed E-state index contributed by atoms with van der Waals surface area (Å²) in [5.41, 5.74) is 3.38. The smallest absolute Gasteiger partial charge is 0.254 e. The minimum absolute atomic E-state index is 0.132. The number of nitrogens with zero attached hydrogens (tertiary/aromatic N) is 1. The largest absolute Gasteiger partial charge is 0.493 e. The van der Waals surface area contributed by atoms with Gasteiger partial charge in [0.15, 0.2) is 11.5 Å². The van der Waals surface area contributed by atoms with Crippen molar-refractivity contribution in [1.29, 1.82) is 0 Å². The van der Waals surface area contributed by atoms with Crippen LogP contribution in [-0.4, -0.2) is 38.9 Å². The summed E-state index contributed by atoms with van der Waals surface area (Å²) in [5.74, 6) is 1.19. The first-order valence-corrected chi connectivity index (χ1v) is 9.18. The van der Waals surface area contributed by atoms with E-state index < -0.39 is 0 Å². The van der Waals surface area contributed by atoms with Crippen molar-refractivity contribution in [2.75, 3.05) is 20.8 Å². The molecule has 2 rings (SSSR count). The maximum absolute atomic E-state index is 11.8. The molecule has 0 aliphatic heterocycles. The van der Waals surface area contributed by atoms with Crippen LogP contribution in [0.25, 0.3) is 0 Å². The maximum atomic E-state index is 11.8. The zero-order valence-corrected chi connectivity index (χ0v) is 16.3. The summed E-state index contributed by atoms with van der Waals surface area (Å²) in [6.45, 7) is 0.297. The third kappa shape index (κ3) is 5.62. The van der Waals surface area contributed by atoms with Crippen molar-refractivity contribution in [2.24, 2.45) is 5.10 Å². The number of nitrogens with one attached hydrogen (secondary N) is 2. The topological polar surface area (TPSA) is 72.0 Å². The molecule has 1 fully saturated rings. The van der Waals surface area contributed by atoms with Crippen LogP contribution in [0, 0.1) is 3.57 Å². The Kier molecular flexibility index (Phi) is 7.77. The molecule has 0 saturated heterocycles. The lowest BCUT2D eigenvalue weighted by atomic mass is 9.95. The molecule has 1 aliphatic carbocycles. The third-order valence-electron chi connectivity index (χ3n) is 4.02. The zero-order valence-electron chi connectivity index (χ0n) is 14.1. The molecular weight excluding hydrogens is 421 g/mol. The lowest BCUT2D eigenvalue weighted by molar-refractivity contribution is -0.120. The van der Waals surface area contributed by atoms with E-state index in [-0.39, 0.29) is 5.91 Å². The van der Waals surface area contributed by atoms with Crippen molar-refractivity contribution in [1.82, 2.24) is 10.7 Å². The molecule has 0 radical (unpaired) electrons. The number of methoxy groups -OCH3 is 2. The standard InChI is InChI=1S/C17H24IN3O3/c1-23-15-9-12(8-14(18)17(15)24-2)10-20-21-16(22)11-19-13-6-4-3-5-7-13/h8-10,13,19H,3-7,11H2,1-2H3,(H,21,22)/b20-10-. The Labute approximate surface area is 156 Å². The van der Waals surface area contributed by atoms with E-state index in [0.29, 0.717) is 24.1 Å². The second kappa shape index (κ2) is 9.83. The summed E-state index contributed by atoms with van der Waals surface area (Å²) < 4.78 is 11.5. The van der Waals surface area contributed by atoms with Gasteiger partial charge >= 0.3 is 0 Å². The number of carbonyl (C=O) groups excluding carboxylic acids is 1. The number of amides is 1. The fraction of sp³-hybridized carbons (Fsp3) is 0.529. The highest BCUT2D eigenvalue weighted by Crippen LogP contribution is 2.32. The summed E-state index contributed by atoms with van der Waals surface area (Å²) in [7, 11) is 3.20. The van der Waals surface area contributed by atoms with Gasteiger partial charge in [-0.25, -0.2) is 5.43 Å². The first-order valence-electron chi connectivity index (χ1n) is 8.11. The molecule has 1 saturated carbocycles. The molecule has 1 aliphatic rings. The summed E-state index contributed by atoms with van der Waals surface area (Å²) in [6, 6.07) is 4.19. The Morgan fingerprint density at radius 1 is 1.29 bits per heavy atom. The SMILES string of the molecule is COc1cc(/C=N\NC(=O)CNC2CCCCC2)cc(I)c1OC. The second-order valence-corrected chi connectivity index (χ2v) is 6.91. The predicted molar refractivity (Wildman–Crippen MR) is 103 cm³/mol. The Morgan fingerprint density at radius 3 is 2.71 bits per heavy atom. The van der Waals surface area contributed by atoms with E-state index in [1.54, 1.807) is 20.4 Å². The van der Waals surface area contributed by atoms with Crippen molar-refractivity contribution < 1.29 is 14.3 Å². The van der Waals surface area contributed by atoms with Crippen molar-refractivity contribution in [2.45, 2.75) is 38.1 Å². The van der Waals surface area contributed by atoms with Crippen LogP contribution in [-0.2, 0) is 4.79 Å². The highest BCUT2D eigenvalue weighted by Gasteiger charge is 2.13. The number of benzene rings is 1. The molecule has 1 aromatic carbocycles. The van der Waals surface area contributed by atoms with Crippen LogP contribution in [0.4, 0.5) is 0 Å². The first-order chi connectivity index (χ1) is 11.6. The molecule has 24 heavy (non-hydrogen) atoms. The lowest BCUT2D eigenvalue weighted by Crippen LogP contribution is -2.38. The van der Waals surface area contributed by atoms with E-state index in [0.717, 1.165) is 22.0 Å². The first kappa shape index (κ1) is 19.0. The van der Waals surface area contributed by atoms with Gasteiger partial charge in [0.2, 0.25) is 0 Å². The predicted octanol–water partition coefficient (Wildman–Crippen LogP) is 2.68. The molecule has 1 amide bonds. The Morgan fingerprint density at radius 2 is 2.04 bits per heavy atom. The average Bonchev–Trinajstić information content (AvgIpc) is 2.60. The van der Waals surface area contributed by atoms with Gasteiger partial charge in [-0.3, -0.25) is 4.79 Å². The fourth-order valence-electron chi connectivity index (χ4n) is 2.77. The molecule has 0 heterocycles. The van der Waals surface area contributed by atoms with Crippen LogP contribution in [0.3, 0.4) is 0 Å². The molecule has 0 atom stereocenters. The van der Waals surface area contributed by atoms with Gasteiger partial charge in [-0.15, -0.1) is 0 Å². The average molecular weight is 445 g/mol.